The number of fused-ring (bicyclic) bond motifs is 2. The van der Waals surface area contributed by atoms with Crippen LogP contribution in [-0.2, 0) is 0 Å². The standard InChI is InChI=1S/C27H23N9O/c1-2-9-30-21(3-1)19-8-12-31-26-23(19)33-27(34-26)25-24-22(35-36-25)5-4-20(32-24)16-13-18(15-29-14-16)37-17-6-10-28-11-7-17/h1-5,8-9,12-15,17,28H,6-7,10-11H2,(H,35,36)(H,31,33,34). The highest BCUT2D eigenvalue weighted by Gasteiger charge is 2.18. The van der Waals surface area contributed by atoms with Crippen LogP contribution in [0, 0.1) is 0 Å². The van der Waals surface area contributed by atoms with E-state index in [1.165, 1.54) is 0 Å². The van der Waals surface area contributed by atoms with Crippen molar-refractivity contribution in [3.63, 3.8) is 0 Å². The SMILES string of the molecule is c1ccc(-c2ccnc3[nH]c(-c4n[nH]c5ccc(-c6cncc(OC7CCNCC7)c6)nc45)nc23)nc1. The fourth-order valence-corrected chi connectivity index (χ4v) is 4.71. The fraction of sp³-hybridized carbons (Fsp3) is 0.185. The van der Waals surface area contributed by atoms with Crippen LogP contribution in [0.4, 0.5) is 0 Å². The van der Waals surface area contributed by atoms with Gasteiger partial charge in [-0.15, -0.1) is 0 Å². The molecule has 10 heteroatoms. The van der Waals surface area contributed by atoms with E-state index in [0.29, 0.717) is 22.7 Å². The molecule has 0 amide bonds. The molecule has 3 N–H and O–H groups in total. The lowest BCUT2D eigenvalue weighted by Crippen LogP contribution is -2.34. The molecule has 0 bridgehead atoms. The normalized spacial score (nSPS) is 14.4. The molecule has 7 heterocycles. The zero-order valence-corrected chi connectivity index (χ0v) is 19.8. The minimum absolute atomic E-state index is 0.201. The van der Waals surface area contributed by atoms with Crippen LogP contribution in [-0.4, -0.2) is 59.3 Å². The first-order valence-electron chi connectivity index (χ1n) is 12.3. The number of nitrogens with zero attached hydrogens (tertiary/aromatic N) is 6. The van der Waals surface area contributed by atoms with E-state index < -0.39 is 0 Å². The van der Waals surface area contributed by atoms with Gasteiger partial charge in [0, 0.05) is 29.7 Å². The Balaban J connectivity index is 1.26. The van der Waals surface area contributed by atoms with Crippen molar-refractivity contribution in [1.82, 2.24) is 45.4 Å². The number of aromatic nitrogens is 8. The molecular weight excluding hydrogens is 466 g/mol. The first-order chi connectivity index (χ1) is 18.3. The molecule has 1 saturated heterocycles. The summed E-state index contributed by atoms with van der Waals surface area (Å²) in [6, 6.07) is 13.6. The highest BCUT2D eigenvalue weighted by molar-refractivity contribution is 5.94. The van der Waals surface area contributed by atoms with Gasteiger partial charge in [-0.3, -0.25) is 15.1 Å². The van der Waals surface area contributed by atoms with Crippen molar-refractivity contribution in [2.75, 3.05) is 13.1 Å². The number of hydrogen-bond donors (Lipinski definition) is 3. The Bertz CT molecular complexity index is 1700. The number of piperidine rings is 1. The predicted octanol–water partition coefficient (Wildman–Crippen LogP) is 4.15. The van der Waals surface area contributed by atoms with E-state index in [1.807, 2.05) is 42.5 Å². The van der Waals surface area contributed by atoms with Gasteiger partial charge in [0.25, 0.3) is 0 Å². The van der Waals surface area contributed by atoms with Crippen LogP contribution < -0.4 is 10.1 Å². The summed E-state index contributed by atoms with van der Waals surface area (Å²) in [5.41, 5.74) is 6.93. The van der Waals surface area contributed by atoms with E-state index >= 15 is 0 Å². The van der Waals surface area contributed by atoms with Gasteiger partial charge in [0.2, 0.25) is 0 Å². The highest BCUT2D eigenvalue weighted by Crippen LogP contribution is 2.31. The summed E-state index contributed by atoms with van der Waals surface area (Å²) in [5, 5.41) is 11.0. The Morgan fingerprint density at radius 1 is 0.865 bits per heavy atom. The summed E-state index contributed by atoms with van der Waals surface area (Å²) in [6.45, 7) is 1.94. The van der Waals surface area contributed by atoms with E-state index in [2.05, 4.69) is 35.5 Å². The van der Waals surface area contributed by atoms with Crippen molar-refractivity contribution in [1.29, 1.82) is 0 Å². The topological polar surface area (TPSA) is 130 Å². The maximum Gasteiger partial charge on any atom is 0.162 e. The van der Waals surface area contributed by atoms with Crippen LogP contribution in [0.5, 0.6) is 5.75 Å². The molecule has 0 saturated carbocycles. The third-order valence-electron chi connectivity index (χ3n) is 6.56. The third-order valence-corrected chi connectivity index (χ3v) is 6.56. The van der Waals surface area contributed by atoms with Gasteiger partial charge in [0.05, 0.1) is 23.1 Å². The quantitative estimate of drug-likeness (QED) is 0.329. The second-order valence-corrected chi connectivity index (χ2v) is 9.00. The van der Waals surface area contributed by atoms with E-state index in [1.54, 1.807) is 24.8 Å². The Hall–Kier alpha value is -4.70. The lowest BCUT2D eigenvalue weighted by molar-refractivity contribution is 0.162. The summed E-state index contributed by atoms with van der Waals surface area (Å²) in [5.74, 6) is 1.34. The summed E-state index contributed by atoms with van der Waals surface area (Å²) in [7, 11) is 0. The van der Waals surface area contributed by atoms with Crippen molar-refractivity contribution < 1.29 is 4.74 Å². The second kappa shape index (κ2) is 9.07. The zero-order valence-electron chi connectivity index (χ0n) is 19.8. The highest BCUT2D eigenvalue weighted by atomic mass is 16.5. The van der Waals surface area contributed by atoms with Gasteiger partial charge in [-0.2, -0.15) is 5.10 Å². The van der Waals surface area contributed by atoms with Gasteiger partial charge in [0.15, 0.2) is 17.2 Å². The Morgan fingerprint density at radius 3 is 2.70 bits per heavy atom. The molecule has 1 aliphatic heterocycles. The first kappa shape index (κ1) is 21.6. The first-order valence-corrected chi connectivity index (χ1v) is 12.3. The van der Waals surface area contributed by atoms with Crippen molar-refractivity contribution in [3.8, 4) is 39.8 Å². The predicted molar refractivity (Wildman–Crippen MR) is 140 cm³/mol. The van der Waals surface area contributed by atoms with Crippen molar-refractivity contribution >= 4 is 22.2 Å². The molecule has 0 unspecified atom stereocenters. The van der Waals surface area contributed by atoms with E-state index in [9.17, 15) is 0 Å². The van der Waals surface area contributed by atoms with Crippen LogP contribution in [0.3, 0.4) is 0 Å². The number of aromatic amines is 2. The molecule has 7 rings (SSSR count). The summed E-state index contributed by atoms with van der Waals surface area (Å²) in [4.78, 5) is 26.4. The van der Waals surface area contributed by atoms with E-state index in [0.717, 1.165) is 65.2 Å². The second-order valence-electron chi connectivity index (χ2n) is 9.00. The number of nitrogens with one attached hydrogen (secondary N) is 3. The summed E-state index contributed by atoms with van der Waals surface area (Å²) < 4.78 is 6.19. The molecule has 0 radical (unpaired) electrons. The number of hydrogen-bond acceptors (Lipinski definition) is 8. The minimum Gasteiger partial charge on any atom is -0.489 e. The molecular formula is C27H23N9O. The smallest absolute Gasteiger partial charge is 0.162 e. The van der Waals surface area contributed by atoms with Crippen molar-refractivity contribution in [2.45, 2.75) is 18.9 Å². The number of imidazole rings is 1. The molecule has 0 aliphatic carbocycles. The van der Waals surface area contributed by atoms with Crippen LogP contribution in [0.2, 0.25) is 0 Å². The zero-order chi connectivity index (χ0) is 24.6. The summed E-state index contributed by atoms with van der Waals surface area (Å²) in [6.07, 6.45) is 9.25. The van der Waals surface area contributed by atoms with Gasteiger partial charge in [0.1, 0.15) is 22.9 Å². The Kier molecular flexibility index (Phi) is 5.29. The van der Waals surface area contributed by atoms with Crippen LogP contribution in [0.25, 0.3) is 56.2 Å². The molecule has 1 fully saturated rings. The molecule has 6 aromatic rings. The van der Waals surface area contributed by atoms with Crippen LogP contribution >= 0.6 is 0 Å². The molecule has 6 aromatic heterocycles. The van der Waals surface area contributed by atoms with Gasteiger partial charge in [-0.25, -0.2) is 15.0 Å². The lowest BCUT2D eigenvalue weighted by Gasteiger charge is -2.23. The molecule has 0 spiro atoms. The Morgan fingerprint density at radius 2 is 1.81 bits per heavy atom. The number of rotatable bonds is 5. The van der Waals surface area contributed by atoms with Gasteiger partial charge in [-0.1, -0.05) is 6.07 Å². The molecule has 182 valence electrons. The van der Waals surface area contributed by atoms with Crippen LogP contribution in [0.1, 0.15) is 12.8 Å². The number of ether oxygens (including phenoxy) is 1. The molecule has 37 heavy (non-hydrogen) atoms. The largest absolute Gasteiger partial charge is 0.489 e. The molecule has 10 nitrogen and oxygen atoms in total. The van der Waals surface area contributed by atoms with E-state index in [-0.39, 0.29) is 6.10 Å². The third kappa shape index (κ3) is 4.07. The van der Waals surface area contributed by atoms with Gasteiger partial charge in [-0.05, 0) is 62.3 Å². The maximum atomic E-state index is 6.19. The molecule has 0 atom stereocenters. The Labute approximate surface area is 211 Å². The van der Waals surface area contributed by atoms with Crippen molar-refractivity contribution in [2.24, 2.45) is 0 Å². The monoisotopic (exact) mass is 489 g/mol. The average Bonchev–Trinajstić information content (AvgIpc) is 3.58. The minimum atomic E-state index is 0.201. The lowest BCUT2D eigenvalue weighted by atomic mass is 10.1. The van der Waals surface area contributed by atoms with Crippen molar-refractivity contribution in [3.05, 3.63) is 67.3 Å². The van der Waals surface area contributed by atoms with Gasteiger partial charge < -0.3 is 15.0 Å². The van der Waals surface area contributed by atoms with Gasteiger partial charge >= 0.3 is 0 Å². The summed E-state index contributed by atoms with van der Waals surface area (Å²) >= 11 is 0. The molecule has 1 aliphatic rings. The average molecular weight is 490 g/mol. The number of pyridine rings is 4. The number of H-pyrrole nitrogens is 2. The van der Waals surface area contributed by atoms with Crippen LogP contribution in [0.15, 0.2) is 67.3 Å². The van der Waals surface area contributed by atoms with E-state index in [4.69, 9.17) is 14.7 Å². The fourth-order valence-electron chi connectivity index (χ4n) is 4.71. The maximum absolute atomic E-state index is 6.19. The molecule has 0 aromatic carbocycles.